The van der Waals surface area contributed by atoms with Crippen LogP contribution in [-0.4, -0.2) is 48.2 Å². The Hall–Kier alpha value is -2.51. The maximum Gasteiger partial charge on any atom is 0.322 e. The molecular formula is C15H23N5O3. The number of piperidine rings is 1. The van der Waals surface area contributed by atoms with E-state index in [4.69, 9.17) is 10.5 Å². The number of ether oxygens (including phenoxy) is 1. The average Bonchev–Trinajstić information content (AvgIpc) is 2.55. The van der Waals surface area contributed by atoms with Crippen molar-refractivity contribution in [2.24, 2.45) is 11.7 Å². The zero-order valence-corrected chi connectivity index (χ0v) is 13.2. The monoisotopic (exact) mass is 321 g/mol. The Morgan fingerprint density at radius 2 is 2.35 bits per heavy atom. The molecule has 1 atom stereocenters. The van der Waals surface area contributed by atoms with Crippen molar-refractivity contribution >= 4 is 17.7 Å². The molecule has 8 nitrogen and oxygen atoms in total. The Kier molecular flexibility index (Phi) is 6.02. The zero-order chi connectivity index (χ0) is 16.7. The van der Waals surface area contributed by atoms with Gasteiger partial charge in [0.2, 0.25) is 5.88 Å². The number of anilines is 1. The minimum atomic E-state index is -0.539. The van der Waals surface area contributed by atoms with Gasteiger partial charge < -0.3 is 26.0 Å². The number of likely N-dealkylation sites (tertiary alicyclic amines) is 1. The van der Waals surface area contributed by atoms with Crippen molar-refractivity contribution < 1.29 is 14.3 Å². The summed E-state index contributed by atoms with van der Waals surface area (Å²) >= 11 is 0. The van der Waals surface area contributed by atoms with Gasteiger partial charge in [-0.3, -0.25) is 0 Å². The van der Waals surface area contributed by atoms with Crippen LogP contribution in [-0.2, 0) is 0 Å². The van der Waals surface area contributed by atoms with E-state index < -0.39 is 6.03 Å². The van der Waals surface area contributed by atoms with E-state index in [1.165, 1.54) is 0 Å². The number of amides is 4. The molecule has 4 amide bonds. The van der Waals surface area contributed by atoms with E-state index in [-0.39, 0.29) is 11.9 Å². The molecule has 4 N–H and O–H groups in total. The molecule has 126 valence electrons. The fourth-order valence-electron chi connectivity index (χ4n) is 2.59. The Morgan fingerprint density at radius 3 is 3.09 bits per heavy atom. The predicted molar refractivity (Wildman–Crippen MR) is 86.3 cm³/mol. The molecule has 0 radical (unpaired) electrons. The summed E-state index contributed by atoms with van der Waals surface area (Å²) in [6, 6.07) is 2.77. The molecule has 2 heterocycles. The quantitative estimate of drug-likeness (QED) is 0.761. The van der Waals surface area contributed by atoms with Crippen molar-refractivity contribution in [2.75, 3.05) is 31.6 Å². The van der Waals surface area contributed by atoms with Gasteiger partial charge in [0.1, 0.15) is 5.69 Å². The molecule has 1 fully saturated rings. The molecule has 0 saturated carbocycles. The van der Waals surface area contributed by atoms with Gasteiger partial charge in [0, 0.05) is 25.8 Å². The first kappa shape index (κ1) is 16.9. The third kappa shape index (κ3) is 5.01. The van der Waals surface area contributed by atoms with E-state index in [9.17, 15) is 9.59 Å². The van der Waals surface area contributed by atoms with E-state index >= 15 is 0 Å². The first-order valence-corrected chi connectivity index (χ1v) is 7.77. The lowest BCUT2D eigenvalue weighted by Gasteiger charge is -2.32. The zero-order valence-electron chi connectivity index (χ0n) is 13.2. The molecular weight excluding hydrogens is 298 g/mol. The molecule has 0 bridgehead atoms. The third-order valence-corrected chi connectivity index (χ3v) is 3.66. The lowest BCUT2D eigenvalue weighted by atomic mass is 9.98. The summed E-state index contributed by atoms with van der Waals surface area (Å²) < 4.78 is 5.41. The summed E-state index contributed by atoms with van der Waals surface area (Å²) in [5.74, 6) is 0.620. The Bertz CT molecular complexity index is 552. The Morgan fingerprint density at radius 1 is 1.52 bits per heavy atom. The van der Waals surface area contributed by atoms with E-state index in [0.29, 0.717) is 37.8 Å². The number of carbonyl (C=O) groups excluding carboxylic acids is 2. The number of nitrogens with zero attached hydrogens (tertiary/aromatic N) is 2. The number of nitrogens with one attached hydrogen (secondary N) is 2. The molecule has 23 heavy (non-hydrogen) atoms. The van der Waals surface area contributed by atoms with Gasteiger partial charge >= 0.3 is 12.1 Å². The minimum Gasteiger partial charge on any atom is -0.476 e. The van der Waals surface area contributed by atoms with Crippen LogP contribution in [0.5, 0.6) is 5.88 Å². The van der Waals surface area contributed by atoms with Gasteiger partial charge in [-0.15, -0.1) is 0 Å². The second-order valence-electron chi connectivity index (χ2n) is 5.42. The van der Waals surface area contributed by atoms with Crippen molar-refractivity contribution in [3.8, 4) is 5.88 Å². The molecule has 0 spiro atoms. The van der Waals surface area contributed by atoms with Gasteiger partial charge in [-0.05, 0) is 37.8 Å². The molecule has 8 heteroatoms. The molecule has 1 aromatic rings. The lowest BCUT2D eigenvalue weighted by molar-refractivity contribution is 0.176. The van der Waals surface area contributed by atoms with Gasteiger partial charge in [0.15, 0.2) is 0 Å². The topological polar surface area (TPSA) is 110 Å². The van der Waals surface area contributed by atoms with Crippen LogP contribution >= 0.6 is 0 Å². The number of aromatic nitrogens is 1. The van der Waals surface area contributed by atoms with E-state index in [2.05, 4.69) is 15.6 Å². The van der Waals surface area contributed by atoms with Crippen LogP contribution in [0.3, 0.4) is 0 Å². The van der Waals surface area contributed by atoms with Crippen LogP contribution in [0.15, 0.2) is 18.3 Å². The van der Waals surface area contributed by atoms with Crippen molar-refractivity contribution in [1.82, 2.24) is 15.2 Å². The fraction of sp³-hybridized carbons (Fsp3) is 0.533. The first-order valence-electron chi connectivity index (χ1n) is 7.77. The maximum absolute atomic E-state index is 12.4. The molecule has 1 aliphatic rings. The summed E-state index contributed by atoms with van der Waals surface area (Å²) in [6.45, 7) is 4.08. The minimum absolute atomic E-state index is 0.192. The molecule has 0 unspecified atom stereocenters. The second-order valence-corrected chi connectivity index (χ2v) is 5.42. The van der Waals surface area contributed by atoms with Crippen molar-refractivity contribution in [2.45, 2.75) is 19.8 Å². The third-order valence-electron chi connectivity index (χ3n) is 3.66. The Balaban J connectivity index is 1.93. The molecule has 0 aliphatic carbocycles. The number of pyridine rings is 1. The van der Waals surface area contributed by atoms with Crippen molar-refractivity contribution in [1.29, 1.82) is 0 Å². The number of carbonyl (C=O) groups is 2. The van der Waals surface area contributed by atoms with Gasteiger partial charge in [-0.1, -0.05) is 0 Å². The number of nitrogens with two attached hydrogens (primary N) is 1. The highest BCUT2D eigenvalue weighted by Gasteiger charge is 2.24. The van der Waals surface area contributed by atoms with E-state index in [0.717, 1.165) is 12.8 Å². The lowest BCUT2D eigenvalue weighted by Crippen LogP contribution is -2.46. The van der Waals surface area contributed by atoms with Gasteiger partial charge in [0.25, 0.3) is 0 Å². The Labute approximate surface area is 135 Å². The van der Waals surface area contributed by atoms with Crippen LogP contribution in [0.1, 0.15) is 19.8 Å². The molecule has 0 aromatic carbocycles. The summed E-state index contributed by atoms with van der Waals surface area (Å²) in [5, 5.41) is 5.44. The van der Waals surface area contributed by atoms with Crippen LogP contribution in [0.25, 0.3) is 0 Å². The molecule has 1 aromatic heterocycles. The fourth-order valence-corrected chi connectivity index (χ4v) is 2.59. The van der Waals surface area contributed by atoms with Gasteiger partial charge in [0.05, 0.1) is 6.61 Å². The number of primary amides is 1. The molecule has 1 aliphatic heterocycles. The van der Waals surface area contributed by atoms with E-state index in [1.807, 2.05) is 6.92 Å². The van der Waals surface area contributed by atoms with Crippen LogP contribution in [0.4, 0.5) is 15.3 Å². The summed E-state index contributed by atoms with van der Waals surface area (Å²) in [6.07, 6.45) is 3.47. The summed E-state index contributed by atoms with van der Waals surface area (Å²) in [4.78, 5) is 29.1. The highest BCUT2D eigenvalue weighted by atomic mass is 16.5. The highest BCUT2D eigenvalue weighted by Crippen LogP contribution is 2.22. The first-order chi connectivity index (χ1) is 11.1. The number of hydrogen-bond acceptors (Lipinski definition) is 4. The van der Waals surface area contributed by atoms with E-state index in [1.54, 1.807) is 23.2 Å². The van der Waals surface area contributed by atoms with Crippen molar-refractivity contribution in [3.63, 3.8) is 0 Å². The standard InChI is InChI=1S/C15H23N5O3/c1-2-23-13-12(6-3-7-17-13)19-15(22)20-8-4-5-11(10-20)9-18-14(16)21/h3,6-7,11H,2,4-5,8-10H2,1H3,(H,19,22)(H3,16,18,21)/t11-/m1/s1. The largest absolute Gasteiger partial charge is 0.476 e. The smallest absolute Gasteiger partial charge is 0.322 e. The number of hydrogen-bond donors (Lipinski definition) is 3. The summed E-state index contributed by atoms with van der Waals surface area (Å²) in [5.41, 5.74) is 5.64. The van der Waals surface area contributed by atoms with Crippen LogP contribution < -0.4 is 21.1 Å². The number of rotatable bonds is 5. The predicted octanol–water partition coefficient (Wildman–Crippen LogP) is 1.39. The molecule has 1 saturated heterocycles. The normalized spacial score (nSPS) is 17.4. The average molecular weight is 321 g/mol. The summed E-state index contributed by atoms with van der Waals surface area (Å²) in [7, 11) is 0. The number of urea groups is 2. The van der Waals surface area contributed by atoms with Crippen LogP contribution in [0.2, 0.25) is 0 Å². The van der Waals surface area contributed by atoms with Crippen molar-refractivity contribution in [3.05, 3.63) is 18.3 Å². The SMILES string of the molecule is CCOc1ncccc1NC(=O)N1CCC[C@H](CNC(N)=O)C1. The molecule has 2 rings (SSSR count). The van der Waals surface area contributed by atoms with Gasteiger partial charge in [-0.25, -0.2) is 14.6 Å². The van der Waals surface area contributed by atoms with Gasteiger partial charge in [-0.2, -0.15) is 0 Å². The maximum atomic E-state index is 12.4. The van der Waals surface area contributed by atoms with Crippen LogP contribution in [0, 0.1) is 5.92 Å². The second kappa shape index (κ2) is 8.21. The highest BCUT2D eigenvalue weighted by molar-refractivity contribution is 5.90.